The Morgan fingerprint density at radius 3 is 2.63 bits per heavy atom. The molecule has 0 N–H and O–H groups in total. The van der Waals surface area contributed by atoms with Crippen molar-refractivity contribution in [2.75, 3.05) is 13.2 Å². The molecule has 3 rings (SSSR count). The molecule has 100 valence electrons. The lowest BCUT2D eigenvalue weighted by atomic mass is 9.91. The van der Waals surface area contributed by atoms with Gasteiger partial charge in [0.1, 0.15) is 0 Å². The van der Waals surface area contributed by atoms with Crippen LogP contribution in [-0.4, -0.2) is 13.2 Å². The van der Waals surface area contributed by atoms with Gasteiger partial charge in [0.05, 0.1) is 6.61 Å². The van der Waals surface area contributed by atoms with Crippen molar-refractivity contribution in [3.05, 3.63) is 46.4 Å². The van der Waals surface area contributed by atoms with Crippen LogP contribution in [0.4, 0.5) is 0 Å². The molecule has 0 bridgehead atoms. The minimum Gasteiger partial charge on any atom is -0.381 e. The number of hydrogen-bond acceptors (Lipinski definition) is 1. The molecule has 19 heavy (non-hydrogen) atoms. The lowest BCUT2D eigenvalue weighted by molar-refractivity contribution is 0.0547. The minimum atomic E-state index is 0.366. The molecule has 0 saturated carbocycles. The Balaban J connectivity index is 2.02. The zero-order valence-electron chi connectivity index (χ0n) is 10.6. The number of fused-ring (bicyclic) bond motifs is 1. The highest BCUT2D eigenvalue weighted by Crippen LogP contribution is 2.40. The molecule has 1 nitrogen and oxygen atoms in total. The van der Waals surface area contributed by atoms with Gasteiger partial charge in [0.25, 0.3) is 0 Å². The van der Waals surface area contributed by atoms with Crippen molar-refractivity contribution in [3.8, 4) is 0 Å². The number of halogens is 2. The highest BCUT2D eigenvalue weighted by molar-refractivity contribution is 9.10. The third-order valence-electron chi connectivity index (χ3n) is 3.81. The zero-order valence-corrected chi connectivity index (χ0v) is 13.8. The SMILES string of the molecule is Brc1ccc(C(Br)C2CCCOC2)c2ccccc12. The molecule has 2 aromatic carbocycles. The van der Waals surface area contributed by atoms with Gasteiger partial charge >= 0.3 is 0 Å². The van der Waals surface area contributed by atoms with Crippen LogP contribution >= 0.6 is 31.9 Å². The van der Waals surface area contributed by atoms with Gasteiger partial charge in [0.15, 0.2) is 0 Å². The van der Waals surface area contributed by atoms with Crippen LogP contribution < -0.4 is 0 Å². The first-order valence-electron chi connectivity index (χ1n) is 6.66. The molecular weight excluding hydrogens is 368 g/mol. The molecule has 0 amide bonds. The summed E-state index contributed by atoms with van der Waals surface area (Å²) in [6.07, 6.45) is 2.40. The summed E-state index contributed by atoms with van der Waals surface area (Å²) < 4.78 is 6.78. The molecule has 0 spiro atoms. The number of benzene rings is 2. The van der Waals surface area contributed by atoms with E-state index >= 15 is 0 Å². The van der Waals surface area contributed by atoms with E-state index in [2.05, 4.69) is 68.3 Å². The van der Waals surface area contributed by atoms with E-state index in [0.717, 1.165) is 17.7 Å². The normalized spacial score (nSPS) is 21.5. The maximum absolute atomic E-state index is 5.62. The first-order valence-corrected chi connectivity index (χ1v) is 8.37. The molecule has 1 saturated heterocycles. The second kappa shape index (κ2) is 5.94. The van der Waals surface area contributed by atoms with Crippen LogP contribution in [0.3, 0.4) is 0 Å². The summed E-state index contributed by atoms with van der Waals surface area (Å²) >= 11 is 7.53. The third kappa shape index (κ3) is 2.74. The average Bonchev–Trinajstić information content (AvgIpc) is 2.48. The summed E-state index contributed by atoms with van der Waals surface area (Å²) in [4.78, 5) is 0.366. The summed E-state index contributed by atoms with van der Waals surface area (Å²) in [5, 5.41) is 2.60. The fraction of sp³-hybridized carbons (Fsp3) is 0.375. The smallest absolute Gasteiger partial charge is 0.0508 e. The fourth-order valence-corrected chi connectivity index (χ4v) is 4.07. The molecule has 2 unspecified atom stereocenters. The third-order valence-corrected chi connectivity index (χ3v) is 5.74. The predicted octanol–water partition coefficient (Wildman–Crippen LogP) is 5.46. The van der Waals surface area contributed by atoms with Crippen LogP contribution in [0.25, 0.3) is 10.8 Å². The van der Waals surface area contributed by atoms with Gasteiger partial charge in [-0.3, -0.25) is 0 Å². The second-order valence-electron chi connectivity index (χ2n) is 5.06. The van der Waals surface area contributed by atoms with E-state index in [4.69, 9.17) is 4.74 Å². The van der Waals surface area contributed by atoms with Crippen LogP contribution in [0.2, 0.25) is 0 Å². The molecule has 1 aliphatic heterocycles. The Bertz CT molecular complexity index is 576. The van der Waals surface area contributed by atoms with E-state index in [1.807, 2.05) is 0 Å². The Hall–Kier alpha value is -0.380. The van der Waals surface area contributed by atoms with Crippen molar-refractivity contribution in [1.82, 2.24) is 0 Å². The number of rotatable bonds is 2. The van der Waals surface area contributed by atoms with Gasteiger partial charge in [-0.05, 0) is 41.2 Å². The summed E-state index contributed by atoms with van der Waals surface area (Å²) in [5.74, 6) is 0.568. The van der Waals surface area contributed by atoms with Gasteiger partial charge < -0.3 is 4.74 Å². The molecule has 0 aromatic heterocycles. The first-order chi connectivity index (χ1) is 9.27. The van der Waals surface area contributed by atoms with Gasteiger partial charge in [-0.2, -0.15) is 0 Å². The van der Waals surface area contributed by atoms with Crippen molar-refractivity contribution in [1.29, 1.82) is 0 Å². The first kappa shape index (κ1) is 13.6. The molecule has 1 aliphatic rings. The zero-order chi connectivity index (χ0) is 13.2. The monoisotopic (exact) mass is 382 g/mol. The molecule has 2 atom stereocenters. The molecule has 1 fully saturated rings. The predicted molar refractivity (Wildman–Crippen MR) is 86.9 cm³/mol. The summed E-state index contributed by atoms with van der Waals surface area (Å²) in [7, 11) is 0. The van der Waals surface area contributed by atoms with E-state index in [0.29, 0.717) is 10.7 Å². The topological polar surface area (TPSA) is 9.23 Å². The Morgan fingerprint density at radius 1 is 1.11 bits per heavy atom. The molecule has 1 heterocycles. The van der Waals surface area contributed by atoms with Gasteiger partial charge in [-0.25, -0.2) is 0 Å². The van der Waals surface area contributed by atoms with E-state index in [1.54, 1.807) is 0 Å². The standard InChI is InChI=1S/C16H16Br2O/c17-15-8-7-14(12-5-1-2-6-13(12)15)16(18)11-4-3-9-19-10-11/h1-2,5-8,11,16H,3-4,9-10H2. The maximum Gasteiger partial charge on any atom is 0.0508 e. The van der Waals surface area contributed by atoms with E-state index in [1.165, 1.54) is 29.2 Å². The van der Waals surface area contributed by atoms with Crippen molar-refractivity contribution >= 4 is 42.6 Å². The summed E-state index contributed by atoms with van der Waals surface area (Å²) in [6.45, 7) is 1.78. The molecule has 0 aliphatic carbocycles. The van der Waals surface area contributed by atoms with Gasteiger partial charge in [-0.1, -0.05) is 62.2 Å². The van der Waals surface area contributed by atoms with Crippen LogP contribution in [0, 0.1) is 5.92 Å². The van der Waals surface area contributed by atoms with Crippen molar-refractivity contribution in [2.24, 2.45) is 5.92 Å². The molecule has 2 aromatic rings. The second-order valence-corrected chi connectivity index (χ2v) is 6.90. The maximum atomic E-state index is 5.62. The number of alkyl halides is 1. The van der Waals surface area contributed by atoms with Crippen LogP contribution in [0.15, 0.2) is 40.9 Å². The van der Waals surface area contributed by atoms with Crippen LogP contribution in [0.1, 0.15) is 23.2 Å². The molecule has 3 heteroatoms. The minimum absolute atomic E-state index is 0.366. The Labute approximate surface area is 130 Å². The number of ether oxygens (including phenoxy) is 1. The van der Waals surface area contributed by atoms with Crippen molar-refractivity contribution in [3.63, 3.8) is 0 Å². The Kier molecular flexibility index (Phi) is 4.25. The van der Waals surface area contributed by atoms with Crippen LogP contribution in [-0.2, 0) is 4.74 Å². The van der Waals surface area contributed by atoms with Gasteiger partial charge in [-0.15, -0.1) is 0 Å². The highest BCUT2D eigenvalue weighted by atomic mass is 79.9. The van der Waals surface area contributed by atoms with Crippen LogP contribution in [0.5, 0.6) is 0 Å². The van der Waals surface area contributed by atoms with Gasteiger partial charge in [0.2, 0.25) is 0 Å². The Morgan fingerprint density at radius 2 is 1.89 bits per heavy atom. The van der Waals surface area contributed by atoms with Gasteiger partial charge in [0, 0.05) is 15.9 Å². The summed E-state index contributed by atoms with van der Waals surface area (Å²) in [6, 6.07) is 12.9. The lowest BCUT2D eigenvalue weighted by Crippen LogP contribution is -2.21. The van der Waals surface area contributed by atoms with E-state index in [9.17, 15) is 0 Å². The van der Waals surface area contributed by atoms with E-state index < -0.39 is 0 Å². The highest BCUT2D eigenvalue weighted by Gasteiger charge is 2.24. The summed E-state index contributed by atoms with van der Waals surface area (Å²) in [5.41, 5.74) is 1.37. The quantitative estimate of drug-likeness (QED) is 0.625. The lowest BCUT2D eigenvalue weighted by Gasteiger charge is -2.27. The molecule has 0 radical (unpaired) electrons. The van der Waals surface area contributed by atoms with Crippen molar-refractivity contribution < 1.29 is 4.74 Å². The number of hydrogen-bond donors (Lipinski definition) is 0. The average molecular weight is 384 g/mol. The molecular formula is C16H16Br2O. The van der Waals surface area contributed by atoms with Crippen molar-refractivity contribution in [2.45, 2.75) is 17.7 Å². The fourth-order valence-electron chi connectivity index (χ4n) is 2.78. The largest absolute Gasteiger partial charge is 0.381 e. The van der Waals surface area contributed by atoms with E-state index in [-0.39, 0.29) is 0 Å².